The molecule has 1 amide bonds. The Morgan fingerprint density at radius 2 is 1.66 bits per heavy atom. The highest BCUT2D eigenvalue weighted by molar-refractivity contribution is 6.76. The van der Waals surface area contributed by atoms with Gasteiger partial charge in [-0.3, -0.25) is 9.59 Å². The number of hydrogen-bond donors (Lipinski definition) is 1. The van der Waals surface area contributed by atoms with Crippen LogP contribution in [0, 0.1) is 6.92 Å². The minimum Gasteiger partial charge on any atom is -0.457 e. The lowest BCUT2D eigenvalue weighted by Gasteiger charge is -2.32. The molecule has 3 heterocycles. The monoisotopic (exact) mass is 572 g/mol. The molecule has 1 fully saturated rings. The van der Waals surface area contributed by atoms with Gasteiger partial charge in [0.25, 0.3) is 11.5 Å². The SMILES string of the molecule is Cc1c2c(=O)[nH]c(C(=O)N3CCN(C)CC3)cc2c(-c2ccccc2Oc2ccccc2)n1COCC[Si](C)(C)C. The predicted octanol–water partition coefficient (Wildman–Crippen LogP) is 5.80. The van der Waals surface area contributed by atoms with Crippen LogP contribution in [0.15, 0.2) is 65.5 Å². The molecule has 1 aliphatic heterocycles. The second kappa shape index (κ2) is 12.1. The van der Waals surface area contributed by atoms with Gasteiger partial charge in [-0.2, -0.15) is 0 Å². The summed E-state index contributed by atoms with van der Waals surface area (Å²) in [5.74, 6) is 1.22. The third kappa shape index (κ3) is 6.48. The van der Waals surface area contributed by atoms with E-state index in [4.69, 9.17) is 9.47 Å². The van der Waals surface area contributed by atoms with Gasteiger partial charge in [-0.15, -0.1) is 0 Å². The Hall–Kier alpha value is -3.66. The Morgan fingerprint density at radius 1 is 0.976 bits per heavy atom. The molecular formula is C32H40N4O4Si. The minimum absolute atomic E-state index is 0.159. The number of aryl methyl sites for hydroxylation is 1. The molecule has 4 aromatic rings. The maximum Gasteiger partial charge on any atom is 0.270 e. The van der Waals surface area contributed by atoms with Gasteiger partial charge in [0.2, 0.25) is 0 Å². The van der Waals surface area contributed by atoms with Gasteiger partial charge in [0.15, 0.2) is 0 Å². The van der Waals surface area contributed by atoms with E-state index in [1.54, 1.807) is 0 Å². The first-order chi connectivity index (χ1) is 19.6. The van der Waals surface area contributed by atoms with E-state index >= 15 is 0 Å². The average Bonchev–Trinajstić information content (AvgIpc) is 3.22. The summed E-state index contributed by atoms with van der Waals surface area (Å²) in [6, 6.07) is 20.3. The van der Waals surface area contributed by atoms with Gasteiger partial charge in [0, 0.05) is 57.5 Å². The van der Waals surface area contributed by atoms with Crippen LogP contribution in [0.1, 0.15) is 16.2 Å². The zero-order chi connectivity index (χ0) is 29.1. The molecule has 0 aliphatic carbocycles. The van der Waals surface area contributed by atoms with E-state index in [2.05, 4.69) is 29.5 Å². The Balaban J connectivity index is 1.63. The van der Waals surface area contributed by atoms with Crippen molar-refractivity contribution in [2.24, 2.45) is 0 Å². The van der Waals surface area contributed by atoms with Gasteiger partial charge in [-0.05, 0) is 50.3 Å². The van der Waals surface area contributed by atoms with E-state index in [1.807, 2.05) is 84.1 Å². The molecule has 0 radical (unpaired) electrons. The van der Waals surface area contributed by atoms with E-state index in [-0.39, 0.29) is 11.5 Å². The smallest absolute Gasteiger partial charge is 0.270 e. The quantitative estimate of drug-likeness (QED) is 0.203. The van der Waals surface area contributed by atoms with Gasteiger partial charge in [0.1, 0.15) is 23.9 Å². The molecule has 41 heavy (non-hydrogen) atoms. The maximum atomic E-state index is 13.6. The van der Waals surface area contributed by atoms with Crippen LogP contribution in [-0.2, 0) is 11.5 Å². The fourth-order valence-electron chi connectivity index (χ4n) is 5.20. The van der Waals surface area contributed by atoms with Crippen LogP contribution >= 0.6 is 0 Å². The van der Waals surface area contributed by atoms with E-state index in [0.717, 1.165) is 36.1 Å². The molecule has 1 N–H and O–H groups in total. The van der Waals surface area contributed by atoms with Crippen LogP contribution in [0.25, 0.3) is 22.0 Å². The van der Waals surface area contributed by atoms with E-state index in [1.165, 1.54) is 0 Å². The molecule has 0 saturated carbocycles. The van der Waals surface area contributed by atoms with Crippen LogP contribution in [-0.4, -0.2) is 73.2 Å². The number of nitrogens with zero attached hydrogens (tertiary/aromatic N) is 3. The highest BCUT2D eigenvalue weighted by atomic mass is 28.3. The number of benzene rings is 2. The molecule has 1 aliphatic rings. The van der Waals surface area contributed by atoms with Gasteiger partial charge in [-0.1, -0.05) is 50.0 Å². The number of pyridine rings is 1. The van der Waals surface area contributed by atoms with Gasteiger partial charge in [-0.25, -0.2) is 0 Å². The van der Waals surface area contributed by atoms with Crippen molar-refractivity contribution >= 4 is 24.8 Å². The zero-order valence-electron chi connectivity index (χ0n) is 24.7. The molecular weight excluding hydrogens is 532 g/mol. The Kier molecular flexibility index (Phi) is 8.49. The normalized spacial score (nSPS) is 14.5. The lowest BCUT2D eigenvalue weighted by Crippen LogP contribution is -2.47. The average molecular weight is 573 g/mol. The summed E-state index contributed by atoms with van der Waals surface area (Å²) in [4.78, 5) is 34.0. The number of aromatic nitrogens is 2. The number of rotatable bonds is 9. The highest BCUT2D eigenvalue weighted by Gasteiger charge is 2.26. The number of amides is 1. The molecule has 0 spiro atoms. The number of hydrogen-bond acceptors (Lipinski definition) is 5. The van der Waals surface area contributed by atoms with Crippen molar-refractivity contribution in [1.29, 1.82) is 0 Å². The molecule has 9 heteroatoms. The van der Waals surface area contributed by atoms with E-state index in [0.29, 0.717) is 54.4 Å². The van der Waals surface area contributed by atoms with Crippen LogP contribution in [0.5, 0.6) is 11.5 Å². The molecule has 216 valence electrons. The number of ether oxygens (including phenoxy) is 2. The van der Waals surface area contributed by atoms with Crippen molar-refractivity contribution in [2.75, 3.05) is 39.8 Å². The summed E-state index contributed by atoms with van der Waals surface area (Å²) in [6.45, 7) is 12.7. The third-order valence-corrected chi connectivity index (χ3v) is 9.38. The van der Waals surface area contributed by atoms with Crippen LogP contribution in [0.4, 0.5) is 0 Å². The first-order valence-electron chi connectivity index (χ1n) is 14.3. The van der Waals surface area contributed by atoms with Crippen molar-refractivity contribution < 1.29 is 14.3 Å². The lowest BCUT2D eigenvalue weighted by molar-refractivity contribution is 0.0658. The summed E-state index contributed by atoms with van der Waals surface area (Å²) >= 11 is 0. The highest BCUT2D eigenvalue weighted by Crippen LogP contribution is 2.39. The van der Waals surface area contributed by atoms with Crippen molar-refractivity contribution in [3.05, 3.63) is 82.4 Å². The zero-order valence-corrected chi connectivity index (χ0v) is 25.7. The molecule has 1 saturated heterocycles. The minimum atomic E-state index is -1.27. The fourth-order valence-corrected chi connectivity index (χ4v) is 5.96. The maximum absolute atomic E-state index is 13.6. The second-order valence-corrected chi connectivity index (χ2v) is 17.6. The number of piperazine rings is 1. The molecule has 2 aromatic carbocycles. The van der Waals surface area contributed by atoms with Crippen molar-refractivity contribution in [3.8, 4) is 22.8 Å². The standard InChI is InChI=1S/C32H40N4O4Si/c1-23-29-26(21-27(33-31(29)37)32(38)35-17-15-34(2)16-18-35)30(36(23)22-39-19-20-41(3,4)5)25-13-9-10-14-28(25)40-24-11-7-6-8-12-24/h6-14,21H,15-20,22H2,1-5H3,(H,33,37). The first kappa shape index (κ1) is 28.9. The summed E-state index contributed by atoms with van der Waals surface area (Å²) in [5.41, 5.74) is 2.44. The van der Waals surface area contributed by atoms with Gasteiger partial charge >= 0.3 is 0 Å². The molecule has 2 aromatic heterocycles. The van der Waals surface area contributed by atoms with E-state index < -0.39 is 8.07 Å². The number of likely N-dealkylation sites (N-methyl/N-ethyl adjacent to an activating group) is 1. The summed E-state index contributed by atoms with van der Waals surface area (Å²) < 4.78 is 14.6. The molecule has 0 bridgehead atoms. The number of nitrogens with one attached hydrogen (secondary N) is 1. The lowest BCUT2D eigenvalue weighted by atomic mass is 10.1. The fraction of sp³-hybridized carbons (Fsp3) is 0.375. The van der Waals surface area contributed by atoms with Gasteiger partial charge in [0.05, 0.1) is 11.1 Å². The van der Waals surface area contributed by atoms with Crippen molar-refractivity contribution in [2.45, 2.75) is 39.3 Å². The number of fused-ring (bicyclic) bond motifs is 1. The number of H-pyrrole nitrogens is 1. The van der Waals surface area contributed by atoms with Crippen molar-refractivity contribution in [3.63, 3.8) is 0 Å². The van der Waals surface area contributed by atoms with Crippen LogP contribution < -0.4 is 10.3 Å². The number of carbonyl (C=O) groups is 1. The Morgan fingerprint density at radius 3 is 2.37 bits per heavy atom. The summed E-state index contributed by atoms with van der Waals surface area (Å²) in [5, 5.41) is 1.26. The molecule has 0 unspecified atom stereocenters. The Labute approximate surface area is 242 Å². The van der Waals surface area contributed by atoms with Crippen LogP contribution in [0.3, 0.4) is 0 Å². The largest absolute Gasteiger partial charge is 0.457 e. The predicted molar refractivity (Wildman–Crippen MR) is 167 cm³/mol. The number of para-hydroxylation sites is 2. The number of carbonyl (C=O) groups excluding carboxylic acids is 1. The summed E-state index contributed by atoms with van der Waals surface area (Å²) in [7, 11) is 0.775. The first-order valence-corrected chi connectivity index (χ1v) is 18.0. The second-order valence-electron chi connectivity index (χ2n) is 12.0. The van der Waals surface area contributed by atoms with Gasteiger partial charge < -0.3 is 28.8 Å². The molecule has 8 nitrogen and oxygen atoms in total. The topological polar surface area (TPSA) is 79.8 Å². The third-order valence-electron chi connectivity index (χ3n) is 7.68. The van der Waals surface area contributed by atoms with E-state index in [9.17, 15) is 9.59 Å². The Bertz CT molecular complexity index is 1580. The molecule has 5 rings (SSSR count). The van der Waals surface area contributed by atoms with Crippen LogP contribution in [0.2, 0.25) is 25.7 Å². The van der Waals surface area contributed by atoms with Crippen molar-refractivity contribution in [1.82, 2.24) is 19.4 Å². The number of aromatic amines is 1. The summed E-state index contributed by atoms with van der Waals surface area (Å²) in [6.07, 6.45) is 0. The molecule has 0 atom stereocenters.